The molecule has 0 aliphatic carbocycles. The minimum absolute atomic E-state index is 0.120. The third-order valence-electron chi connectivity index (χ3n) is 4.35. The van der Waals surface area contributed by atoms with Crippen molar-refractivity contribution < 1.29 is 19.1 Å². The van der Waals surface area contributed by atoms with Crippen LogP contribution in [-0.4, -0.2) is 34.9 Å². The van der Waals surface area contributed by atoms with E-state index in [1.165, 1.54) is 0 Å². The molecular weight excluding hydrogens is 284 g/mol. The highest BCUT2D eigenvalue weighted by atomic mass is 16.5. The van der Waals surface area contributed by atoms with Crippen LogP contribution in [0.25, 0.3) is 0 Å². The summed E-state index contributed by atoms with van der Waals surface area (Å²) in [4.78, 5) is 36.8. The van der Waals surface area contributed by atoms with E-state index in [0.29, 0.717) is 0 Å². The van der Waals surface area contributed by atoms with Crippen molar-refractivity contribution in [2.24, 2.45) is 11.8 Å². The van der Waals surface area contributed by atoms with Gasteiger partial charge in [0.25, 0.3) is 11.8 Å². The molecule has 1 aromatic carbocycles. The van der Waals surface area contributed by atoms with Crippen LogP contribution in [0.4, 0.5) is 0 Å². The highest BCUT2D eigenvalue weighted by Crippen LogP contribution is 2.44. The van der Waals surface area contributed by atoms with Crippen LogP contribution < -0.4 is 5.43 Å². The van der Waals surface area contributed by atoms with E-state index in [-0.39, 0.29) is 36.4 Å². The molecule has 4 rings (SSSR count). The minimum atomic E-state index is -0.500. The fourth-order valence-corrected chi connectivity index (χ4v) is 3.36. The molecule has 3 aliphatic rings. The maximum Gasteiger partial charge on any atom is 0.255 e. The van der Waals surface area contributed by atoms with Crippen molar-refractivity contribution in [2.75, 3.05) is 0 Å². The molecule has 6 heteroatoms. The van der Waals surface area contributed by atoms with Crippen LogP contribution in [-0.2, 0) is 25.5 Å². The molecule has 0 spiro atoms. The number of carbonyl (C=O) groups is 3. The Morgan fingerprint density at radius 2 is 1.64 bits per heavy atom. The smallest absolute Gasteiger partial charge is 0.255 e. The Morgan fingerprint density at radius 3 is 2.23 bits per heavy atom. The van der Waals surface area contributed by atoms with E-state index in [4.69, 9.17) is 4.74 Å². The number of ether oxygens (including phenoxy) is 1. The third-order valence-corrected chi connectivity index (χ3v) is 4.35. The quantitative estimate of drug-likeness (QED) is 0.639. The fraction of sp³-hybridized carbons (Fsp3) is 0.312. The van der Waals surface area contributed by atoms with Gasteiger partial charge in [-0.15, -0.1) is 0 Å². The molecule has 112 valence electrons. The number of imide groups is 1. The van der Waals surface area contributed by atoms with Gasteiger partial charge in [0, 0.05) is 0 Å². The van der Waals surface area contributed by atoms with Gasteiger partial charge in [0.05, 0.1) is 30.5 Å². The van der Waals surface area contributed by atoms with Gasteiger partial charge in [-0.05, 0) is 5.56 Å². The zero-order valence-electron chi connectivity index (χ0n) is 11.6. The Balaban J connectivity index is 1.47. The SMILES string of the molecule is O=C(Cc1ccccc1)NN1C(=O)[C@@H]2[C@@H](C1=O)[C@H]1C=C[C@@H]2O1. The maximum absolute atomic E-state index is 12.4. The molecule has 0 radical (unpaired) electrons. The van der Waals surface area contributed by atoms with Crippen molar-refractivity contribution in [2.45, 2.75) is 18.6 Å². The Hall–Kier alpha value is -2.47. The highest BCUT2D eigenvalue weighted by Gasteiger charge is 2.61. The average molecular weight is 298 g/mol. The summed E-state index contributed by atoms with van der Waals surface area (Å²) in [5.74, 6) is -2.14. The Kier molecular flexibility index (Phi) is 2.87. The number of benzene rings is 1. The topological polar surface area (TPSA) is 75.7 Å². The van der Waals surface area contributed by atoms with Crippen LogP contribution in [0.3, 0.4) is 0 Å². The molecule has 2 fully saturated rings. The van der Waals surface area contributed by atoms with Gasteiger partial charge in [-0.1, -0.05) is 42.5 Å². The lowest BCUT2D eigenvalue weighted by Crippen LogP contribution is -2.48. The molecule has 2 bridgehead atoms. The Morgan fingerprint density at radius 1 is 1.05 bits per heavy atom. The second-order valence-electron chi connectivity index (χ2n) is 5.71. The predicted octanol–water partition coefficient (Wildman–Crippen LogP) is 0.199. The number of rotatable bonds is 3. The molecule has 1 aromatic rings. The average Bonchev–Trinajstić information content (AvgIpc) is 3.18. The van der Waals surface area contributed by atoms with E-state index in [0.717, 1.165) is 10.6 Å². The summed E-state index contributed by atoms with van der Waals surface area (Å²) >= 11 is 0. The van der Waals surface area contributed by atoms with E-state index < -0.39 is 11.8 Å². The highest BCUT2D eigenvalue weighted by molar-refractivity contribution is 6.07. The lowest BCUT2D eigenvalue weighted by molar-refractivity contribution is -0.151. The van der Waals surface area contributed by atoms with E-state index in [9.17, 15) is 14.4 Å². The van der Waals surface area contributed by atoms with Crippen LogP contribution >= 0.6 is 0 Å². The van der Waals surface area contributed by atoms with Gasteiger partial charge in [-0.2, -0.15) is 5.01 Å². The summed E-state index contributed by atoms with van der Waals surface area (Å²) in [6, 6.07) is 9.17. The summed E-state index contributed by atoms with van der Waals surface area (Å²) in [5.41, 5.74) is 3.26. The van der Waals surface area contributed by atoms with E-state index in [2.05, 4.69) is 5.43 Å². The van der Waals surface area contributed by atoms with Crippen molar-refractivity contribution >= 4 is 17.7 Å². The molecule has 22 heavy (non-hydrogen) atoms. The molecule has 6 nitrogen and oxygen atoms in total. The third kappa shape index (κ3) is 1.88. The van der Waals surface area contributed by atoms with Gasteiger partial charge in [0.15, 0.2) is 0 Å². The van der Waals surface area contributed by atoms with Gasteiger partial charge in [0.1, 0.15) is 0 Å². The van der Waals surface area contributed by atoms with Crippen molar-refractivity contribution in [1.29, 1.82) is 0 Å². The molecule has 3 heterocycles. The first-order valence-corrected chi connectivity index (χ1v) is 7.20. The molecule has 0 aromatic heterocycles. The number of fused-ring (bicyclic) bond motifs is 5. The van der Waals surface area contributed by atoms with Crippen LogP contribution in [0.2, 0.25) is 0 Å². The van der Waals surface area contributed by atoms with Crippen LogP contribution in [0.15, 0.2) is 42.5 Å². The summed E-state index contributed by atoms with van der Waals surface area (Å²) in [7, 11) is 0. The van der Waals surface area contributed by atoms with Crippen molar-refractivity contribution in [1.82, 2.24) is 10.4 Å². The first-order valence-electron chi connectivity index (χ1n) is 7.20. The van der Waals surface area contributed by atoms with E-state index in [1.807, 2.05) is 42.5 Å². The van der Waals surface area contributed by atoms with Crippen molar-refractivity contribution in [3.8, 4) is 0 Å². The van der Waals surface area contributed by atoms with E-state index >= 15 is 0 Å². The zero-order valence-corrected chi connectivity index (χ0v) is 11.6. The Labute approximate surface area is 126 Å². The van der Waals surface area contributed by atoms with Crippen molar-refractivity contribution in [3.63, 3.8) is 0 Å². The standard InChI is InChI=1S/C16H14N2O4/c19-12(8-9-4-2-1-3-5-9)17-18-15(20)13-10-6-7-11(22-10)14(13)16(18)21/h1-7,10-11,13-14H,8H2,(H,17,19)/t10-,11+,13-,14-/m0/s1. The number of amides is 3. The van der Waals surface area contributed by atoms with Crippen molar-refractivity contribution in [3.05, 3.63) is 48.0 Å². The number of hydrazine groups is 1. The largest absolute Gasteiger partial charge is 0.365 e. The first kappa shape index (κ1) is 13.2. The van der Waals surface area contributed by atoms with Gasteiger partial charge in [-0.3, -0.25) is 19.8 Å². The summed E-state index contributed by atoms with van der Waals surface area (Å²) < 4.78 is 5.54. The predicted molar refractivity (Wildman–Crippen MR) is 74.9 cm³/mol. The molecule has 1 N–H and O–H groups in total. The number of nitrogens with one attached hydrogen (secondary N) is 1. The number of hydrogen-bond acceptors (Lipinski definition) is 4. The molecule has 2 saturated heterocycles. The lowest BCUT2D eigenvalue weighted by Gasteiger charge is -2.18. The summed E-state index contributed by atoms with van der Waals surface area (Å²) in [6.07, 6.45) is 3.05. The van der Waals surface area contributed by atoms with Gasteiger partial charge >= 0.3 is 0 Å². The zero-order chi connectivity index (χ0) is 15.3. The molecule has 3 amide bonds. The fourth-order valence-electron chi connectivity index (χ4n) is 3.36. The minimum Gasteiger partial charge on any atom is -0.365 e. The van der Waals surface area contributed by atoms with Gasteiger partial charge < -0.3 is 4.74 Å². The van der Waals surface area contributed by atoms with Gasteiger partial charge in [-0.25, -0.2) is 0 Å². The summed E-state index contributed by atoms with van der Waals surface area (Å²) in [6.45, 7) is 0. The van der Waals surface area contributed by atoms with Crippen LogP contribution in [0, 0.1) is 11.8 Å². The second kappa shape index (κ2) is 4.78. The first-order chi connectivity index (χ1) is 10.6. The van der Waals surface area contributed by atoms with E-state index in [1.54, 1.807) is 0 Å². The lowest BCUT2D eigenvalue weighted by atomic mass is 9.85. The molecule has 3 aliphatic heterocycles. The molecule has 4 atom stereocenters. The number of carbonyl (C=O) groups excluding carboxylic acids is 3. The molecule has 0 saturated carbocycles. The normalized spacial score (nSPS) is 31.7. The summed E-state index contributed by atoms with van der Waals surface area (Å²) in [5, 5.41) is 0.871. The van der Waals surface area contributed by atoms with Crippen LogP contribution in [0.5, 0.6) is 0 Å². The second-order valence-corrected chi connectivity index (χ2v) is 5.71. The number of nitrogens with zero attached hydrogens (tertiary/aromatic N) is 1. The molecule has 0 unspecified atom stereocenters. The van der Waals surface area contributed by atoms with Gasteiger partial charge in [0.2, 0.25) is 5.91 Å². The Bertz CT molecular complexity index is 655. The molecular formula is C16H14N2O4. The maximum atomic E-state index is 12.4. The number of hydrogen-bond donors (Lipinski definition) is 1. The van der Waals surface area contributed by atoms with Crippen LogP contribution in [0.1, 0.15) is 5.56 Å². The monoisotopic (exact) mass is 298 g/mol.